The normalized spacial score (nSPS) is 10.9. The van der Waals surface area contributed by atoms with E-state index in [0.29, 0.717) is 5.69 Å². The van der Waals surface area contributed by atoms with E-state index >= 15 is 0 Å². The fraction of sp³-hybridized carbons (Fsp3) is 0.0909. The average Bonchev–Trinajstić information content (AvgIpc) is 2.69. The Hall–Kier alpha value is -3.47. The van der Waals surface area contributed by atoms with Crippen molar-refractivity contribution in [1.29, 1.82) is 0 Å². The molecule has 0 amide bonds. The van der Waals surface area contributed by atoms with Gasteiger partial charge in [-0.1, -0.05) is 36.4 Å². The molecule has 3 aromatic carbocycles. The van der Waals surface area contributed by atoms with E-state index in [9.17, 15) is 4.39 Å². The molecule has 5 heteroatoms. The summed E-state index contributed by atoms with van der Waals surface area (Å²) in [6.45, 7) is 0.747. The average molecular weight is 358 g/mol. The lowest BCUT2D eigenvalue weighted by Crippen LogP contribution is -2.07. The van der Waals surface area contributed by atoms with Crippen molar-refractivity contribution in [1.82, 2.24) is 9.97 Å². The first-order valence-corrected chi connectivity index (χ1v) is 8.78. The second kappa shape index (κ2) is 7.41. The highest BCUT2D eigenvalue weighted by atomic mass is 19.1. The molecule has 0 aliphatic heterocycles. The van der Waals surface area contributed by atoms with Crippen LogP contribution in [-0.4, -0.2) is 16.5 Å². The van der Waals surface area contributed by atoms with Gasteiger partial charge in [0.15, 0.2) is 0 Å². The van der Waals surface area contributed by atoms with Crippen molar-refractivity contribution in [2.75, 3.05) is 17.6 Å². The molecule has 4 aromatic rings. The summed E-state index contributed by atoms with van der Waals surface area (Å²) in [4.78, 5) is 8.59. The molecule has 27 heavy (non-hydrogen) atoms. The molecule has 0 atom stereocenters. The number of rotatable bonds is 5. The van der Waals surface area contributed by atoms with Crippen LogP contribution in [0.4, 0.5) is 15.9 Å². The van der Waals surface area contributed by atoms with E-state index in [1.807, 2.05) is 18.2 Å². The maximum absolute atomic E-state index is 13.0. The van der Waals surface area contributed by atoms with Gasteiger partial charge in [0.25, 0.3) is 0 Å². The molecular weight excluding hydrogens is 339 g/mol. The number of nitrogen functional groups attached to an aromatic ring is 1. The van der Waals surface area contributed by atoms with E-state index in [-0.39, 0.29) is 5.82 Å². The summed E-state index contributed by atoms with van der Waals surface area (Å²) < 4.78 is 13.0. The third kappa shape index (κ3) is 3.87. The van der Waals surface area contributed by atoms with E-state index in [0.717, 1.165) is 40.8 Å². The van der Waals surface area contributed by atoms with E-state index in [1.165, 1.54) is 17.7 Å². The molecule has 0 bridgehead atoms. The molecule has 1 aromatic heterocycles. The van der Waals surface area contributed by atoms with E-state index in [1.54, 1.807) is 18.5 Å². The molecular formula is C22H19FN4. The fourth-order valence-electron chi connectivity index (χ4n) is 3.05. The molecule has 0 aliphatic carbocycles. The minimum Gasteiger partial charge on any atom is -0.399 e. The molecule has 0 spiro atoms. The summed E-state index contributed by atoms with van der Waals surface area (Å²) in [7, 11) is 0. The van der Waals surface area contributed by atoms with Crippen LogP contribution >= 0.6 is 0 Å². The van der Waals surface area contributed by atoms with Gasteiger partial charge in [-0.2, -0.15) is 0 Å². The maximum Gasteiger partial charge on any atom is 0.137 e. The van der Waals surface area contributed by atoms with Crippen LogP contribution in [0.15, 0.2) is 73.1 Å². The smallest absolute Gasteiger partial charge is 0.137 e. The molecule has 0 fully saturated rings. The van der Waals surface area contributed by atoms with Crippen LogP contribution < -0.4 is 11.1 Å². The van der Waals surface area contributed by atoms with Gasteiger partial charge in [0, 0.05) is 17.6 Å². The van der Waals surface area contributed by atoms with Crippen molar-refractivity contribution in [3.05, 3.63) is 84.4 Å². The van der Waals surface area contributed by atoms with Gasteiger partial charge < -0.3 is 11.1 Å². The zero-order valence-corrected chi connectivity index (χ0v) is 14.7. The van der Waals surface area contributed by atoms with Crippen molar-refractivity contribution in [3.8, 4) is 11.1 Å². The quantitative estimate of drug-likeness (QED) is 0.509. The number of nitrogens with two attached hydrogens (primary N) is 1. The lowest BCUT2D eigenvalue weighted by Gasteiger charge is -2.09. The third-order valence-electron chi connectivity index (χ3n) is 4.50. The van der Waals surface area contributed by atoms with E-state index in [4.69, 9.17) is 5.73 Å². The first-order chi connectivity index (χ1) is 13.2. The van der Waals surface area contributed by atoms with Gasteiger partial charge in [-0.15, -0.1) is 0 Å². The van der Waals surface area contributed by atoms with Crippen LogP contribution in [0.3, 0.4) is 0 Å². The highest BCUT2D eigenvalue weighted by Crippen LogP contribution is 2.22. The summed E-state index contributed by atoms with van der Waals surface area (Å²) in [6.07, 6.45) is 2.41. The van der Waals surface area contributed by atoms with Gasteiger partial charge in [0.2, 0.25) is 0 Å². The van der Waals surface area contributed by atoms with Crippen molar-refractivity contribution in [2.45, 2.75) is 6.42 Å². The predicted octanol–water partition coefficient (Wildman–Crippen LogP) is 4.67. The molecule has 134 valence electrons. The Morgan fingerprint density at radius 3 is 2.30 bits per heavy atom. The Bertz CT molecular complexity index is 1060. The SMILES string of the molecule is Nc1ccc2ncnc(NCCc3ccc(-c4ccc(F)cc4)cc3)c2c1. The second-order valence-electron chi connectivity index (χ2n) is 6.38. The lowest BCUT2D eigenvalue weighted by molar-refractivity contribution is 0.628. The van der Waals surface area contributed by atoms with Crippen LogP contribution in [0.5, 0.6) is 0 Å². The van der Waals surface area contributed by atoms with Crippen LogP contribution in [0.1, 0.15) is 5.56 Å². The van der Waals surface area contributed by atoms with Crippen molar-refractivity contribution >= 4 is 22.4 Å². The Kier molecular flexibility index (Phi) is 4.66. The number of hydrogen-bond acceptors (Lipinski definition) is 4. The molecule has 1 heterocycles. The number of nitrogens with zero attached hydrogens (tertiary/aromatic N) is 2. The van der Waals surface area contributed by atoms with Gasteiger partial charge in [0.05, 0.1) is 5.52 Å². The van der Waals surface area contributed by atoms with E-state index < -0.39 is 0 Å². The first-order valence-electron chi connectivity index (χ1n) is 8.78. The summed E-state index contributed by atoms with van der Waals surface area (Å²) in [6, 6.07) is 20.5. The molecule has 0 saturated heterocycles. The number of aromatic nitrogens is 2. The van der Waals surface area contributed by atoms with Crippen LogP contribution in [-0.2, 0) is 6.42 Å². The number of fused-ring (bicyclic) bond motifs is 1. The molecule has 3 N–H and O–H groups in total. The van der Waals surface area contributed by atoms with Crippen LogP contribution in [0, 0.1) is 5.82 Å². The molecule has 4 rings (SSSR count). The van der Waals surface area contributed by atoms with Gasteiger partial charge in [0.1, 0.15) is 18.0 Å². The fourth-order valence-corrected chi connectivity index (χ4v) is 3.05. The lowest BCUT2D eigenvalue weighted by atomic mass is 10.0. The largest absolute Gasteiger partial charge is 0.399 e. The number of benzene rings is 3. The van der Waals surface area contributed by atoms with Crippen LogP contribution in [0.25, 0.3) is 22.0 Å². The maximum atomic E-state index is 13.0. The molecule has 4 nitrogen and oxygen atoms in total. The predicted molar refractivity (Wildman–Crippen MR) is 108 cm³/mol. The Morgan fingerprint density at radius 1 is 0.852 bits per heavy atom. The summed E-state index contributed by atoms with van der Waals surface area (Å²) in [5.41, 5.74) is 10.7. The van der Waals surface area contributed by atoms with Gasteiger partial charge in [-0.05, 0) is 53.4 Å². The van der Waals surface area contributed by atoms with Gasteiger partial charge in [-0.25, -0.2) is 14.4 Å². The van der Waals surface area contributed by atoms with Crippen molar-refractivity contribution in [3.63, 3.8) is 0 Å². The first kappa shape index (κ1) is 17.0. The van der Waals surface area contributed by atoms with Gasteiger partial charge in [-0.3, -0.25) is 0 Å². The topological polar surface area (TPSA) is 63.8 Å². The summed E-state index contributed by atoms with van der Waals surface area (Å²) in [5, 5.41) is 4.29. The monoisotopic (exact) mass is 358 g/mol. The zero-order chi connectivity index (χ0) is 18.6. The molecule has 0 saturated carbocycles. The summed E-state index contributed by atoms with van der Waals surface area (Å²) in [5.74, 6) is 0.565. The molecule has 0 radical (unpaired) electrons. The molecule has 0 unspecified atom stereocenters. The number of hydrogen-bond donors (Lipinski definition) is 2. The number of anilines is 2. The Labute approximate surface area is 156 Å². The van der Waals surface area contributed by atoms with Crippen LogP contribution in [0.2, 0.25) is 0 Å². The van der Waals surface area contributed by atoms with Gasteiger partial charge >= 0.3 is 0 Å². The highest BCUT2D eigenvalue weighted by Gasteiger charge is 2.04. The Balaban J connectivity index is 1.42. The summed E-state index contributed by atoms with van der Waals surface area (Å²) >= 11 is 0. The molecule has 0 aliphatic rings. The second-order valence-corrected chi connectivity index (χ2v) is 6.38. The number of halogens is 1. The minimum atomic E-state index is -0.222. The highest BCUT2D eigenvalue weighted by molar-refractivity contribution is 5.91. The third-order valence-corrected chi connectivity index (χ3v) is 4.50. The van der Waals surface area contributed by atoms with E-state index in [2.05, 4.69) is 39.6 Å². The minimum absolute atomic E-state index is 0.222. The standard InChI is InChI=1S/C22H19FN4/c23-18-7-5-17(6-8-18)16-3-1-15(2-4-16)11-12-25-22-20-13-19(24)9-10-21(20)26-14-27-22/h1-10,13-14H,11-12,24H2,(H,25,26,27). The zero-order valence-electron chi connectivity index (χ0n) is 14.7. The Morgan fingerprint density at radius 2 is 1.56 bits per heavy atom. The van der Waals surface area contributed by atoms with Crippen molar-refractivity contribution in [2.24, 2.45) is 0 Å². The van der Waals surface area contributed by atoms with Crippen molar-refractivity contribution < 1.29 is 4.39 Å². The number of nitrogens with one attached hydrogen (secondary N) is 1.